The van der Waals surface area contributed by atoms with Crippen molar-refractivity contribution >= 4 is 21.7 Å². The number of nitrogens with zero attached hydrogens (tertiary/aromatic N) is 2. The highest BCUT2D eigenvalue weighted by molar-refractivity contribution is 9.10. The van der Waals surface area contributed by atoms with E-state index >= 15 is 0 Å². The van der Waals surface area contributed by atoms with Crippen LogP contribution in [0.25, 0.3) is 0 Å². The van der Waals surface area contributed by atoms with Crippen LogP contribution in [0.4, 0.5) is 10.2 Å². The lowest BCUT2D eigenvalue weighted by atomic mass is 10.3. The number of rotatable bonds is 4. The molecule has 0 aliphatic heterocycles. The molecular formula is C13H12BrFN4O. The molecule has 0 amide bonds. The Bertz CT molecular complexity index is 628. The number of anilines is 1. The van der Waals surface area contributed by atoms with Crippen LogP contribution in [0.2, 0.25) is 0 Å². The number of hydrogen-bond donors (Lipinski definition) is 2. The summed E-state index contributed by atoms with van der Waals surface area (Å²) < 4.78 is 19.5. The highest BCUT2D eigenvalue weighted by atomic mass is 79.9. The summed E-state index contributed by atoms with van der Waals surface area (Å²) in [6.45, 7) is 0. The van der Waals surface area contributed by atoms with Gasteiger partial charge in [0.05, 0.1) is 0 Å². The molecule has 1 aliphatic carbocycles. The maximum atomic E-state index is 13.3. The van der Waals surface area contributed by atoms with E-state index in [2.05, 4.69) is 31.3 Å². The van der Waals surface area contributed by atoms with E-state index in [4.69, 9.17) is 10.6 Å². The molecule has 1 aromatic carbocycles. The third-order valence-electron chi connectivity index (χ3n) is 2.87. The maximum absolute atomic E-state index is 13.3. The van der Waals surface area contributed by atoms with Crippen LogP contribution in [0.15, 0.2) is 28.7 Å². The van der Waals surface area contributed by atoms with E-state index < -0.39 is 0 Å². The van der Waals surface area contributed by atoms with Gasteiger partial charge in [-0.15, -0.1) is 0 Å². The average Bonchev–Trinajstić information content (AvgIpc) is 3.21. The lowest BCUT2D eigenvalue weighted by Gasteiger charge is -2.09. The van der Waals surface area contributed by atoms with Gasteiger partial charge in [-0.3, -0.25) is 0 Å². The topological polar surface area (TPSA) is 73.1 Å². The molecule has 3 rings (SSSR count). The van der Waals surface area contributed by atoms with Crippen molar-refractivity contribution in [3.63, 3.8) is 0 Å². The minimum absolute atomic E-state index is 0.340. The van der Waals surface area contributed by atoms with E-state index in [1.807, 2.05) is 0 Å². The Morgan fingerprint density at radius 3 is 2.70 bits per heavy atom. The summed E-state index contributed by atoms with van der Waals surface area (Å²) >= 11 is 3.22. The molecule has 2 aromatic rings. The summed E-state index contributed by atoms with van der Waals surface area (Å²) in [5, 5.41) is 0. The van der Waals surface area contributed by atoms with Crippen molar-refractivity contribution in [2.24, 2.45) is 5.84 Å². The lowest BCUT2D eigenvalue weighted by molar-refractivity contribution is 0.454. The molecule has 0 radical (unpaired) electrons. The zero-order valence-electron chi connectivity index (χ0n) is 10.4. The number of hydrazine groups is 1. The minimum atomic E-state index is -0.386. The van der Waals surface area contributed by atoms with Crippen molar-refractivity contribution in [3.05, 3.63) is 40.4 Å². The van der Waals surface area contributed by atoms with Gasteiger partial charge < -0.3 is 10.2 Å². The number of benzene rings is 1. The summed E-state index contributed by atoms with van der Waals surface area (Å²) in [6.07, 6.45) is 2.14. The summed E-state index contributed by atoms with van der Waals surface area (Å²) in [4.78, 5) is 8.61. The SMILES string of the molecule is NNc1cc(Oc2cc(F)cc(Br)c2)nc(C2CC2)n1. The first-order valence-corrected chi connectivity index (χ1v) is 6.93. The van der Waals surface area contributed by atoms with E-state index in [1.54, 1.807) is 12.1 Å². The van der Waals surface area contributed by atoms with Gasteiger partial charge >= 0.3 is 0 Å². The van der Waals surface area contributed by atoms with Crippen molar-refractivity contribution in [1.82, 2.24) is 9.97 Å². The first-order chi connectivity index (χ1) is 9.64. The van der Waals surface area contributed by atoms with Crippen LogP contribution in [0.1, 0.15) is 24.6 Å². The van der Waals surface area contributed by atoms with E-state index in [0.717, 1.165) is 12.8 Å². The first-order valence-electron chi connectivity index (χ1n) is 6.13. The van der Waals surface area contributed by atoms with E-state index in [0.29, 0.717) is 33.7 Å². The Labute approximate surface area is 123 Å². The molecule has 104 valence electrons. The molecule has 7 heteroatoms. The summed E-state index contributed by atoms with van der Waals surface area (Å²) in [5.41, 5.74) is 2.48. The fourth-order valence-electron chi connectivity index (χ4n) is 1.80. The second-order valence-electron chi connectivity index (χ2n) is 4.58. The minimum Gasteiger partial charge on any atom is -0.439 e. The average molecular weight is 339 g/mol. The predicted molar refractivity (Wildman–Crippen MR) is 76.0 cm³/mol. The molecule has 1 fully saturated rings. The van der Waals surface area contributed by atoms with Gasteiger partial charge in [0.25, 0.3) is 0 Å². The summed E-state index contributed by atoms with van der Waals surface area (Å²) in [5.74, 6) is 7.25. The molecule has 0 bridgehead atoms. The van der Waals surface area contributed by atoms with Gasteiger partial charge in [0.1, 0.15) is 23.2 Å². The van der Waals surface area contributed by atoms with Gasteiger partial charge in [-0.2, -0.15) is 4.98 Å². The quantitative estimate of drug-likeness (QED) is 0.660. The third-order valence-corrected chi connectivity index (χ3v) is 3.33. The Balaban J connectivity index is 1.90. The molecule has 5 nitrogen and oxygen atoms in total. The van der Waals surface area contributed by atoms with Crippen LogP contribution >= 0.6 is 15.9 Å². The van der Waals surface area contributed by atoms with Crippen molar-refractivity contribution in [2.45, 2.75) is 18.8 Å². The lowest BCUT2D eigenvalue weighted by Crippen LogP contribution is -2.10. The molecule has 1 aromatic heterocycles. The molecule has 20 heavy (non-hydrogen) atoms. The van der Waals surface area contributed by atoms with Crippen molar-refractivity contribution in [1.29, 1.82) is 0 Å². The smallest absolute Gasteiger partial charge is 0.224 e. The zero-order valence-corrected chi connectivity index (χ0v) is 12.0. The van der Waals surface area contributed by atoms with Crippen LogP contribution in [-0.2, 0) is 0 Å². The Morgan fingerprint density at radius 1 is 1.25 bits per heavy atom. The molecule has 1 aliphatic rings. The van der Waals surface area contributed by atoms with E-state index in [1.165, 1.54) is 12.1 Å². The third kappa shape index (κ3) is 3.05. The van der Waals surface area contributed by atoms with Gasteiger partial charge in [-0.1, -0.05) is 15.9 Å². The van der Waals surface area contributed by atoms with Crippen LogP contribution in [-0.4, -0.2) is 9.97 Å². The van der Waals surface area contributed by atoms with E-state index in [9.17, 15) is 4.39 Å². The highest BCUT2D eigenvalue weighted by Crippen LogP contribution is 2.39. The van der Waals surface area contributed by atoms with Crippen molar-refractivity contribution in [3.8, 4) is 11.6 Å². The summed E-state index contributed by atoms with van der Waals surface area (Å²) in [7, 11) is 0. The Morgan fingerprint density at radius 2 is 2.05 bits per heavy atom. The predicted octanol–water partition coefficient (Wildman–Crippen LogP) is 3.33. The van der Waals surface area contributed by atoms with Crippen LogP contribution < -0.4 is 16.0 Å². The molecule has 1 saturated carbocycles. The van der Waals surface area contributed by atoms with Crippen molar-refractivity contribution in [2.75, 3.05) is 5.43 Å². The number of ether oxygens (including phenoxy) is 1. The molecule has 0 saturated heterocycles. The molecule has 0 atom stereocenters. The molecule has 0 spiro atoms. The molecule has 0 unspecified atom stereocenters. The Hall–Kier alpha value is -1.73. The van der Waals surface area contributed by atoms with Gasteiger partial charge in [0.15, 0.2) is 0 Å². The number of nitrogen functional groups attached to an aromatic ring is 1. The Kier molecular flexibility index (Phi) is 3.54. The molecular weight excluding hydrogens is 327 g/mol. The fraction of sp³-hybridized carbons (Fsp3) is 0.231. The van der Waals surface area contributed by atoms with Crippen molar-refractivity contribution < 1.29 is 9.13 Å². The fourth-order valence-corrected chi connectivity index (χ4v) is 2.25. The number of hydrogen-bond acceptors (Lipinski definition) is 5. The standard InChI is InChI=1S/C13H12BrFN4O/c14-8-3-9(15)5-10(4-8)20-12-6-11(19-16)17-13(18-12)7-1-2-7/h3-7H,1-2,16H2,(H,17,18,19). The normalized spacial score (nSPS) is 14.2. The monoisotopic (exact) mass is 338 g/mol. The van der Waals surface area contributed by atoms with Gasteiger partial charge in [-0.25, -0.2) is 15.2 Å². The number of halogens is 2. The highest BCUT2D eigenvalue weighted by Gasteiger charge is 2.27. The number of nitrogens with two attached hydrogens (primary N) is 1. The summed E-state index contributed by atoms with van der Waals surface area (Å²) in [6, 6.07) is 5.89. The van der Waals surface area contributed by atoms with Crippen LogP contribution in [0.3, 0.4) is 0 Å². The second kappa shape index (κ2) is 5.34. The van der Waals surface area contributed by atoms with Crippen LogP contribution in [0.5, 0.6) is 11.6 Å². The molecule has 3 N–H and O–H groups in total. The first kappa shape index (κ1) is 13.3. The number of aromatic nitrogens is 2. The van der Waals surface area contributed by atoms with E-state index in [-0.39, 0.29) is 5.82 Å². The maximum Gasteiger partial charge on any atom is 0.224 e. The number of nitrogens with one attached hydrogen (secondary N) is 1. The van der Waals surface area contributed by atoms with Gasteiger partial charge in [0.2, 0.25) is 5.88 Å². The largest absolute Gasteiger partial charge is 0.439 e. The van der Waals surface area contributed by atoms with Gasteiger partial charge in [0, 0.05) is 22.5 Å². The van der Waals surface area contributed by atoms with Gasteiger partial charge in [-0.05, 0) is 25.0 Å². The zero-order chi connectivity index (χ0) is 14.1. The van der Waals surface area contributed by atoms with Crippen LogP contribution in [0, 0.1) is 5.82 Å². The second-order valence-corrected chi connectivity index (χ2v) is 5.49. The molecule has 1 heterocycles.